The number of anilines is 1. The molecule has 0 saturated heterocycles. The van der Waals surface area contributed by atoms with E-state index < -0.39 is 24.6 Å². The van der Waals surface area contributed by atoms with Crippen molar-refractivity contribution in [2.75, 3.05) is 12.0 Å². The summed E-state index contributed by atoms with van der Waals surface area (Å²) in [6.07, 6.45) is -3.37. The highest BCUT2D eigenvalue weighted by Gasteiger charge is 2.29. The molecule has 152 valence electrons. The van der Waals surface area contributed by atoms with Crippen LogP contribution in [0.5, 0.6) is 5.88 Å². The molecule has 2 aromatic heterocycles. The molecule has 0 aliphatic rings. The highest BCUT2D eigenvalue weighted by molar-refractivity contribution is 5.96. The monoisotopic (exact) mass is 407 g/mol. The maximum Gasteiger partial charge on any atom is 0.422 e. The lowest BCUT2D eigenvalue weighted by molar-refractivity contribution is -0.154. The second-order valence-corrected chi connectivity index (χ2v) is 5.84. The van der Waals surface area contributed by atoms with Gasteiger partial charge in [0.15, 0.2) is 6.61 Å². The summed E-state index contributed by atoms with van der Waals surface area (Å²) in [5.41, 5.74) is 4.76. The van der Waals surface area contributed by atoms with Gasteiger partial charge >= 0.3 is 6.18 Å². The Hall–Kier alpha value is -3.63. The number of carbonyl (C=O) groups is 1. The SMILES string of the molecule is CCn1c(NNC(=O)c2cccnc2OCC(F)(F)F)nc2ccccc2c1=O. The van der Waals surface area contributed by atoms with Gasteiger partial charge in [0.1, 0.15) is 5.56 Å². The van der Waals surface area contributed by atoms with E-state index in [0.717, 1.165) is 0 Å². The number of aromatic nitrogens is 3. The molecule has 3 aromatic rings. The predicted molar refractivity (Wildman–Crippen MR) is 98.6 cm³/mol. The van der Waals surface area contributed by atoms with E-state index in [1.54, 1.807) is 31.2 Å². The van der Waals surface area contributed by atoms with Crippen LogP contribution in [0.3, 0.4) is 0 Å². The minimum absolute atomic E-state index is 0.0752. The summed E-state index contributed by atoms with van der Waals surface area (Å²) in [6.45, 7) is 0.427. The molecule has 1 aromatic carbocycles. The zero-order valence-corrected chi connectivity index (χ0v) is 15.2. The summed E-state index contributed by atoms with van der Waals surface area (Å²) in [4.78, 5) is 33.0. The molecule has 11 heteroatoms. The lowest BCUT2D eigenvalue weighted by Gasteiger charge is -2.15. The molecule has 0 aliphatic carbocycles. The second-order valence-electron chi connectivity index (χ2n) is 5.84. The Kier molecular flexibility index (Phi) is 5.66. The van der Waals surface area contributed by atoms with Crippen molar-refractivity contribution in [1.82, 2.24) is 20.0 Å². The van der Waals surface area contributed by atoms with Crippen LogP contribution in [0.15, 0.2) is 47.4 Å². The van der Waals surface area contributed by atoms with E-state index in [0.29, 0.717) is 10.9 Å². The van der Waals surface area contributed by atoms with Crippen molar-refractivity contribution in [2.24, 2.45) is 0 Å². The first-order chi connectivity index (χ1) is 13.8. The van der Waals surface area contributed by atoms with Crippen molar-refractivity contribution in [3.8, 4) is 5.88 Å². The molecule has 3 rings (SSSR count). The summed E-state index contributed by atoms with van der Waals surface area (Å²) < 4.78 is 43.1. The molecular formula is C18H16F3N5O3. The highest BCUT2D eigenvalue weighted by Crippen LogP contribution is 2.20. The number of ether oxygens (including phenoxy) is 1. The van der Waals surface area contributed by atoms with Crippen LogP contribution in [0.2, 0.25) is 0 Å². The number of fused-ring (bicyclic) bond motifs is 1. The van der Waals surface area contributed by atoms with Crippen LogP contribution >= 0.6 is 0 Å². The molecule has 0 radical (unpaired) electrons. The Morgan fingerprint density at radius 1 is 1.21 bits per heavy atom. The van der Waals surface area contributed by atoms with E-state index >= 15 is 0 Å². The molecule has 0 saturated carbocycles. The van der Waals surface area contributed by atoms with Crippen LogP contribution in [0.25, 0.3) is 10.9 Å². The van der Waals surface area contributed by atoms with Gasteiger partial charge < -0.3 is 4.74 Å². The van der Waals surface area contributed by atoms with Crippen LogP contribution in [0.4, 0.5) is 19.1 Å². The number of amides is 1. The van der Waals surface area contributed by atoms with Gasteiger partial charge in [0.25, 0.3) is 11.5 Å². The number of halogens is 3. The van der Waals surface area contributed by atoms with Crippen LogP contribution < -0.4 is 21.1 Å². The number of hydrogen-bond acceptors (Lipinski definition) is 6. The Labute approximate surface area is 162 Å². The van der Waals surface area contributed by atoms with Gasteiger partial charge in [0, 0.05) is 12.7 Å². The summed E-state index contributed by atoms with van der Waals surface area (Å²) in [6, 6.07) is 9.35. The minimum atomic E-state index is -4.57. The molecule has 1 amide bonds. The van der Waals surface area contributed by atoms with E-state index in [2.05, 4.69) is 25.6 Å². The Morgan fingerprint density at radius 3 is 2.69 bits per heavy atom. The predicted octanol–water partition coefficient (Wildman–Crippen LogP) is 2.51. The number of benzene rings is 1. The Balaban J connectivity index is 1.82. The standard InChI is InChI=1S/C18H16F3N5O3/c1-2-26-16(28)11-6-3-4-8-13(11)23-17(26)25-24-14(27)12-7-5-9-22-15(12)29-10-18(19,20)21/h3-9H,2,10H2,1H3,(H,23,25)(H,24,27). The number of carbonyl (C=O) groups excluding carboxylic acids is 1. The maximum absolute atomic E-state index is 12.6. The molecule has 29 heavy (non-hydrogen) atoms. The minimum Gasteiger partial charge on any atom is -0.467 e. The van der Waals surface area contributed by atoms with Crippen molar-refractivity contribution in [2.45, 2.75) is 19.6 Å². The average molecular weight is 407 g/mol. The van der Waals surface area contributed by atoms with E-state index in [1.807, 2.05) is 0 Å². The number of nitrogens with zero attached hydrogens (tertiary/aromatic N) is 3. The first-order valence-corrected chi connectivity index (χ1v) is 8.50. The number of hydrogen-bond donors (Lipinski definition) is 2. The zero-order chi connectivity index (χ0) is 21.0. The molecule has 8 nitrogen and oxygen atoms in total. The smallest absolute Gasteiger partial charge is 0.422 e. The molecule has 2 heterocycles. The lowest BCUT2D eigenvalue weighted by atomic mass is 10.2. The molecule has 0 unspecified atom stereocenters. The second kappa shape index (κ2) is 8.17. The lowest BCUT2D eigenvalue weighted by Crippen LogP contribution is -2.34. The normalized spacial score (nSPS) is 11.3. The van der Waals surface area contributed by atoms with Gasteiger partial charge in [-0.1, -0.05) is 12.1 Å². The van der Waals surface area contributed by atoms with Gasteiger partial charge in [0.05, 0.1) is 10.9 Å². The van der Waals surface area contributed by atoms with E-state index in [-0.39, 0.29) is 23.6 Å². The number of para-hydroxylation sites is 1. The number of alkyl halides is 3. The topological polar surface area (TPSA) is 98.1 Å². The molecule has 0 aliphatic heterocycles. The van der Waals surface area contributed by atoms with Crippen molar-refractivity contribution in [3.63, 3.8) is 0 Å². The van der Waals surface area contributed by atoms with Gasteiger partial charge in [-0.15, -0.1) is 0 Å². The van der Waals surface area contributed by atoms with Crippen molar-refractivity contribution in [3.05, 3.63) is 58.5 Å². The van der Waals surface area contributed by atoms with Crippen molar-refractivity contribution >= 4 is 22.8 Å². The largest absolute Gasteiger partial charge is 0.467 e. The fourth-order valence-corrected chi connectivity index (χ4v) is 2.57. The summed E-state index contributed by atoms with van der Waals surface area (Å²) in [7, 11) is 0. The van der Waals surface area contributed by atoms with E-state index in [4.69, 9.17) is 0 Å². The van der Waals surface area contributed by atoms with E-state index in [1.165, 1.54) is 22.9 Å². The third-order valence-electron chi connectivity index (χ3n) is 3.85. The molecule has 0 bridgehead atoms. The highest BCUT2D eigenvalue weighted by atomic mass is 19.4. The fourth-order valence-electron chi connectivity index (χ4n) is 2.57. The number of hydrazine groups is 1. The Bertz CT molecular complexity index is 1100. The maximum atomic E-state index is 12.6. The van der Waals surface area contributed by atoms with Crippen LogP contribution in [0.1, 0.15) is 17.3 Å². The third-order valence-corrected chi connectivity index (χ3v) is 3.85. The van der Waals surface area contributed by atoms with Crippen LogP contribution in [-0.2, 0) is 6.54 Å². The van der Waals surface area contributed by atoms with Crippen LogP contribution in [-0.4, -0.2) is 33.2 Å². The van der Waals surface area contributed by atoms with Crippen molar-refractivity contribution in [1.29, 1.82) is 0 Å². The van der Waals surface area contributed by atoms with Gasteiger partial charge in [-0.2, -0.15) is 13.2 Å². The first kappa shape index (κ1) is 20.1. The summed E-state index contributed by atoms with van der Waals surface area (Å²) in [5.74, 6) is -1.20. The van der Waals surface area contributed by atoms with Gasteiger partial charge in [-0.05, 0) is 31.2 Å². The van der Waals surface area contributed by atoms with Gasteiger partial charge in [-0.25, -0.2) is 9.97 Å². The number of rotatable bonds is 6. The molecule has 0 atom stereocenters. The van der Waals surface area contributed by atoms with Crippen molar-refractivity contribution < 1.29 is 22.7 Å². The average Bonchev–Trinajstić information content (AvgIpc) is 2.70. The quantitative estimate of drug-likeness (QED) is 0.610. The third kappa shape index (κ3) is 4.62. The number of nitrogens with one attached hydrogen (secondary N) is 2. The molecular weight excluding hydrogens is 391 g/mol. The van der Waals surface area contributed by atoms with Gasteiger partial charge in [-0.3, -0.25) is 25.0 Å². The Morgan fingerprint density at radius 2 is 1.97 bits per heavy atom. The summed E-state index contributed by atoms with van der Waals surface area (Å²) in [5, 5.41) is 0.418. The van der Waals surface area contributed by atoms with Gasteiger partial charge in [0.2, 0.25) is 11.8 Å². The molecule has 0 fully saturated rings. The summed E-state index contributed by atoms with van der Waals surface area (Å²) >= 11 is 0. The number of pyridine rings is 1. The first-order valence-electron chi connectivity index (χ1n) is 8.50. The van der Waals surface area contributed by atoms with E-state index in [9.17, 15) is 22.8 Å². The fraction of sp³-hybridized carbons (Fsp3) is 0.222. The molecule has 0 spiro atoms. The van der Waals surface area contributed by atoms with Crippen LogP contribution in [0, 0.1) is 0 Å². The zero-order valence-electron chi connectivity index (χ0n) is 15.2. The molecule has 2 N–H and O–H groups in total.